The molecule has 0 aliphatic carbocycles. The Bertz CT molecular complexity index is 385. The maximum Gasteiger partial charge on any atom is 0.373 e. The lowest BCUT2D eigenvalue weighted by Crippen LogP contribution is -2.10. The zero-order chi connectivity index (χ0) is 11.3. The van der Waals surface area contributed by atoms with Gasteiger partial charge in [0.2, 0.25) is 5.76 Å². The lowest BCUT2D eigenvalue weighted by molar-refractivity contribution is -0.146. The third-order valence-electron chi connectivity index (χ3n) is 1.22. The van der Waals surface area contributed by atoms with Gasteiger partial charge >= 0.3 is 11.9 Å². The maximum atomic E-state index is 10.6. The number of carboxylic acids is 1. The van der Waals surface area contributed by atoms with Gasteiger partial charge in [0.1, 0.15) is 0 Å². The summed E-state index contributed by atoms with van der Waals surface area (Å²) in [5, 5.41) is 13.5. The number of thiazole rings is 1. The van der Waals surface area contributed by atoms with Crippen LogP contribution in [0.1, 0.15) is 6.92 Å². The number of nitrogens with one attached hydrogen (secondary N) is 1. The molecule has 0 radical (unpaired) electrons. The Kier molecular flexibility index (Phi) is 3.81. The third-order valence-corrected chi connectivity index (χ3v) is 1.93. The highest BCUT2D eigenvalue weighted by Gasteiger charge is 2.11. The highest BCUT2D eigenvalue weighted by atomic mass is 32.1. The van der Waals surface area contributed by atoms with Gasteiger partial charge in [-0.05, 0) is 0 Å². The molecule has 1 aromatic heterocycles. The molecule has 0 unspecified atom stereocenters. The fourth-order valence-corrected chi connectivity index (χ4v) is 1.21. The molecule has 0 bridgehead atoms. The predicted octanol–water partition coefficient (Wildman–Crippen LogP) is 1.04. The first-order valence-electron chi connectivity index (χ1n) is 3.87. The SMILES string of the molecule is CC(=O)O/C(=C\Nc1nccs1)C(=O)O. The number of rotatable bonds is 4. The Labute approximate surface area is 89.2 Å². The van der Waals surface area contributed by atoms with Gasteiger partial charge in [-0.2, -0.15) is 0 Å². The summed E-state index contributed by atoms with van der Waals surface area (Å²) < 4.78 is 4.45. The van der Waals surface area contributed by atoms with Gasteiger partial charge in [0, 0.05) is 18.5 Å². The van der Waals surface area contributed by atoms with Gasteiger partial charge < -0.3 is 15.2 Å². The number of esters is 1. The van der Waals surface area contributed by atoms with E-state index < -0.39 is 17.7 Å². The molecule has 1 heterocycles. The smallest absolute Gasteiger partial charge is 0.373 e. The first-order valence-corrected chi connectivity index (χ1v) is 4.75. The van der Waals surface area contributed by atoms with Crippen LogP contribution in [0.25, 0.3) is 0 Å². The quantitative estimate of drug-likeness (QED) is 0.455. The van der Waals surface area contributed by atoms with E-state index in [0.29, 0.717) is 5.13 Å². The van der Waals surface area contributed by atoms with E-state index in [1.54, 1.807) is 11.6 Å². The number of hydrogen-bond acceptors (Lipinski definition) is 6. The predicted molar refractivity (Wildman–Crippen MR) is 53.2 cm³/mol. The zero-order valence-corrected chi connectivity index (χ0v) is 8.58. The van der Waals surface area contributed by atoms with Crippen LogP contribution in [-0.2, 0) is 14.3 Å². The average molecular weight is 228 g/mol. The van der Waals surface area contributed by atoms with Gasteiger partial charge in [-0.25, -0.2) is 9.78 Å². The summed E-state index contributed by atoms with van der Waals surface area (Å²) in [5.41, 5.74) is 0. The number of carboxylic acid groups (broad SMARTS) is 1. The van der Waals surface area contributed by atoms with Crippen LogP contribution in [0.3, 0.4) is 0 Å². The largest absolute Gasteiger partial charge is 0.475 e. The molecule has 0 saturated carbocycles. The topological polar surface area (TPSA) is 88.5 Å². The summed E-state index contributed by atoms with van der Waals surface area (Å²) >= 11 is 1.30. The molecule has 0 saturated heterocycles. The standard InChI is InChI=1S/C8H8N2O4S/c1-5(11)14-6(7(12)13)4-10-8-9-2-3-15-8/h2-4H,1H3,(H,9,10)(H,12,13)/b6-4-. The number of nitrogens with zero attached hydrogens (tertiary/aromatic N) is 1. The van der Waals surface area contributed by atoms with Crippen molar-refractivity contribution in [3.05, 3.63) is 23.5 Å². The van der Waals surface area contributed by atoms with Crippen molar-refractivity contribution in [2.24, 2.45) is 0 Å². The average Bonchev–Trinajstić information content (AvgIpc) is 2.63. The minimum atomic E-state index is -1.32. The minimum absolute atomic E-state index is 0.474. The molecule has 1 rings (SSSR count). The molecule has 0 aliphatic rings. The number of carbonyl (C=O) groups is 2. The monoisotopic (exact) mass is 228 g/mol. The molecule has 0 fully saturated rings. The van der Waals surface area contributed by atoms with Crippen molar-refractivity contribution in [2.75, 3.05) is 5.32 Å². The Morgan fingerprint density at radius 2 is 2.40 bits per heavy atom. The second-order valence-electron chi connectivity index (χ2n) is 2.39. The van der Waals surface area contributed by atoms with Crippen molar-refractivity contribution >= 4 is 28.4 Å². The van der Waals surface area contributed by atoms with Crippen molar-refractivity contribution in [2.45, 2.75) is 6.92 Å². The molecule has 1 aromatic rings. The molecule has 15 heavy (non-hydrogen) atoms. The van der Waals surface area contributed by atoms with Crippen LogP contribution >= 0.6 is 11.3 Å². The second kappa shape index (κ2) is 5.11. The molecule has 0 aromatic carbocycles. The van der Waals surface area contributed by atoms with Crippen LogP contribution in [0.4, 0.5) is 5.13 Å². The van der Waals surface area contributed by atoms with E-state index >= 15 is 0 Å². The summed E-state index contributed by atoms with van der Waals surface area (Å²) in [6.45, 7) is 1.13. The molecular weight excluding hydrogens is 220 g/mol. The minimum Gasteiger partial charge on any atom is -0.475 e. The van der Waals surface area contributed by atoms with Gasteiger partial charge in [0.25, 0.3) is 0 Å². The van der Waals surface area contributed by atoms with Gasteiger partial charge in [0.15, 0.2) is 5.13 Å². The van der Waals surface area contributed by atoms with Gasteiger partial charge in [-0.1, -0.05) is 0 Å². The summed E-state index contributed by atoms with van der Waals surface area (Å²) in [6.07, 6.45) is 2.63. The third kappa shape index (κ3) is 3.77. The molecule has 0 amide bonds. The Morgan fingerprint density at radius 1 is 1.67 bits per heavy atom. The summed E-state index contributed by atoms with van der Waals surface area (Å²) in [7, 11) is 0. The van der Waals surface area contributed by atoms with Crippen molar-refractivity contribution in [1.29, 1.82) is 0 Å². The zero-order valence-electron chi connectivity index (χ0n) is 7.76. The van der Waals surface area contributed by atoms with E-state index in [9.17, 15) is 9.59 Å². The second-order valence-corrected chi connectivity index (χ2v) is 3.28. The van der Waals surface area contributed by atoms with Gasteiger partial charge in [-0.3, -0.25) is 4.79 Å². The molecule has 0 aliphatic heterocycles. The van der Waals surface area contributed by atoms with E-state index in [1.165, 1.54) is 11.3 Å². The van der Waals surface area contributed by atoms with Crippen molar-refractivity contribution < 1.29 is 19.4 Å². The lowest BCUT2D eigenvalue weighted by atomic mass is 10.5. The molecule has 2 N–H and O–H groups in total. The summed E-state index contributed by atoms with van der Waals surface area (Å²) in [6, 6.07) is 0. The van der Waals surface area contributed by atoms with E-state index in [0.717, 1.165) is 13.1 Å². The van der Waals surface area contributed by atoms with Gasteiger partial charge in [-0.15, -0.1) is 11.3 Å². The molecule has 7 heteroatoms. The van der Waals surface area contributed by atoms with Crippen LogP contribution in [-0.4, -0.2) is 22.0 Å². The highest BCUT2D eigenvalue weighted by Crippen LogP contribution is 2.11. The number of ether oxygens (including phenoxy) is 1. The fraction of sp³-hybridized carbons (Fsp3) is 0.125. The molecular formula is C8H8N2O4S. The van der Waals surface area contributed by atoms with Crippen molar-refractivity contribution in [3.8, 4) is 0 Å². The fourth-order valence-electron chi connectivity index (χ4n) is 0.712. The molecule has 6 nitrogen and oxygen atoms in total. The summed E-state index contributed by atoms with van der Waals surface area (Å²) in [4.78, 5) is 25.0. The number of anilines is 1. The number of carbonyl (C=O) groups excluding carboxylic acids is 1. The van der Waals surface area contributed by atoms with Crippen molar-refractivity contribution in [3.63, 3.8) is 0 Å². The number of aliphatic carboxylic acids is 1. The molecule has 0 atom stereocenters. The Morgan fingerprint density at radius 3 is 2.87 bits per heavy atom. The van der Waals surface area contributed by atoms with Gasteiger partial charge in [0.05, 0.1) is 6.20 Å². The first kappa shape index (κ1) is 11.2. The van der Waals surface area contributed by atoms with E-state index in [1.807, 2.05) is 0 Å². The normalized spacial score (nSPS) is 10.9. The van der Waals surface area contributed by atoms with Crippen LogP contribution in [0.5, 0.6) is 0 Å². The van der Waals surface area contributed by atoms with Crippen molar-refractivity contribution in [1.82, 2.24) is 4.98 Å². The highest BCUT2D eigenvalue weighted by molar-refractivity contribution is 7.13. The van der Waals surface area contributed by atoms with Crippen LogP contribution < -0.4 is 5.32 Å². The van der Waals surface area contributed by atoms with Crippen LogP contribution in [0.2, 0.25) is 0 Å². The van der Waals surface area contributed by atoms with E-state index in [-0.39, 0.29) is 0 Å². The molecule has 0 spiro atoms. The van der Waals surface area contributed by atoms with Crippen LogP contribution in [0.15, 0.2) is 23.5 Å². The molecule has 80 valence electrons. The first-order chi connectivity index (χ1) is 7.09. The van der Waals surface area contributed by atoms with Crippen LogP contribution in [0, 0.1) is 0 Å². The summed E-state index contributed by atoms with van der Waals surface area (Å²) in [5.74, 6) is -2.49. The van der Waals surface area contributed by atoms with E-state index in [4.69, 9.17) is 5.11 Å². The van der Waals surface area contributed by atoms with E-state index in [2.05, 4.69) is 15.0 Å². The number of hydrogen-bond donors (Lipinski definition) is 2. The Balaban J connectivity index is 2.67. The Hall–Kier alpha value is -1.89. The number of aromatic nitrogens is 1. The maximum absolute atomic E-state index is 10.6. The lowest BCUT2D eigenvalue weighted by Gasteiger charge is -2.01.